The summed E-state index contributed by atoms with van der Waals surface area (Å²) in [7, 11) is 6.28. The lowest BCUT2D eigenvalue weighted by molar-refractivity contribution is -0.885. The number of carbonyl (C=O) groups excluding carboxylic acids is 1. The molecule has 1 atom stereocenters. The Balaban J connectivity index is 2.35. The summed E-state index contributed by atoms with van der Waals surface area (Å²) in [5.74, 6) is 0.264. The zero-order chi connectivity index (χ0) is 13.5. The predicted molar refractivity (Wildman–Crippen MR) is 74.7 cm³/mol. The van der Waals surface area contributed by atoms with Gasteiger partial charge >= 0.3 is 0 Å². The van der Waals surface area contributed by atoms with E-state index in [2.05, 4.69) is 47.1 Å². The molecule has 1 amide bonds. The molecule has 1 aromatic rings. The minimum Gasteiger partial charge on any atom is -0.321 e. The molecule has 1 fully saturated rings. The lowest BCUT2D eigenvalue weighted by atomic mass is 10.1. The van der Waals surface area contributed by atoms with Crippen molar-refractivity contribution in [3.05, 3.63) is 29.3 Å². The van der Waals surface area contributed by atoms with Crippen LogP contribution in [0, 0.1) is 13.8 Å². The van der Waals surface area contributed by atoms with Crippen molar-refractivity contribution in [2.45, 2.75) is 26.3 Å². The zero-order valence-corrected chi connectivity index (χ0v) is 12.0. The summed E-state index contributed by atoms with van der Waals surface area (Å²) < 4.78 is 0.709. The number of likely N-dealkylation sites (N-methyl/N-ethyl adjacent to an activating group) is 1. The SMILES string of the molecule is Cc1cccc(C)c1N1CCC([N+](C)(C)C)C1=O. The molecule has 0 radical (unpaired) electrons. The van der Waals surface area contributed by atoms with E-state index < -0.39 is 0 Å². The van der Waals surface area contributed by atoms with Gasteiger partial charge in [-0.25, -0.2) is 0 Å². The molecule has 3 heteroatoms. The first-order valence-corrected chi connectivity index (χ1v) is 6.51. The number of hydrogen-bond acceptors (Lipinski definition) is 1. The van der Waals surface area contributed by atoms with Crippen LogP contribution in [-0.4, -0.2) is 44.1 Å². The van der Waals surface area contributed by atoms with Gasteiger partial charge in [-0.1, -0.05) is 18.2 Å². The summed E-state index contributed by atoms with van der Waals surface area (Å²) in [6.45, 7) is 4.99. The van der Waals surface area contributed by atoms with Crippen LogP contribution in [0.25, 0.3) is 0 Å². The minimum absolute atomic E-state index is 0.0870. The van der Waals surface area contributed by atoms with Crippen LogP contribution in [0.4, 0.5) is 5.69 Å². The minimum atomic E-state index is 0.0870. The molecule has 1 saturated heterocycles. The molecule has 98 valence electrons. The van der Waals surface area contributed by atoms with E-state index in [1.807, 2.05) is 11.0 Å². The van der Waals surface area contributed by atoms with E-state index in [1.165, 1.54) is 11.1 Å². The van der Waals surface area contributed by atoms with Crippen LogP contribution in [-0.2, 0) is 4.79 Å². The van der Waals surface area contributed by atoms with Gasteiger partial charge in [0.2, 0.25) is 0 Å². The highest BCUT2D eigenvalue weighted by Crippen LogP contribution is 2.30. The van der Waals surface area contributed by atoms with E-state index in [0.717, 1.165) is 18.7 Å². The Hall–Kier alpha value is -1.35. The number of quaternary nitrogens is 1. The number of carbonyl (C=O) groups is 1. The van der Waals surface area contributed by atoms with Crippen LogP contribution < -0.4 is 4.90 Å². The molecule has 2 rings (SSSR count). The zero-order valence-electron chi connectivity index (χ0n) is 12.0. The summed E-state index contributed by atoms with van der Waals surface area (Å²) in [5.41, 5.74) is 3.48. The average Bonchev–Trinajstić information content (AvgIpc) is 2.60. The van der Waals surface area contributed by atoms with Gasteiger partial charge in [0, 0.05) is 18.7 Å². The van der Waals surface area contributed by atoms with Gasteiger partial charge in [0.15, 0.2) is 6.04 Å². The number of aryl methyl sites for hydroxylation is 2. The van der Waals surface area contributed by atoms with Crippen LogP contribution >= 0.6 is 0 Å². The van der Waals surface area contributed by atoms with E-state index in [4.69, 9.17) is 0 Å². The summed E-state index contributed by atoms with van der Waals surface area (Å²) in [4.78, 5) is 14.5. The molecule has 0 N–H and O–H groups in total. The summed E-state index contributed by atoms with van der Waals surface area (Å²) >= 11 is 0. The van der Waals surface area contributed by atoms with Crippen molar-refractivity contribution in [2.24, 2.45) is 0 Å². The summed E-state index contributed by atoms with van der Waals surface area (Å²) in [6.07, 6.45) is 0.941. The maximum absolute atomic E-state index is 12.6. The molecule has 1 aliphatic rings. The first-order chi connectivity index (χ1) is 8.32. The van der Waals surface area contributed by atoms with E-state index in [1.54, 1.807) is 0 Å². The average molecular weight is 247 g/mol. The van der Waals surface area contributed by atoms with Gasteiger partial charge in [0.25, 0.3) is 5.91 Å². The number of rotatable bonds is 2. The fraction of sp³-hybridized carbons (Fsp3) is 0.533. The molecule has 1 unspecified atom stereocenters. The van der Waals surface area contributed by atoms with Crippen LogP contribution in [0.15, 0.2) is 18.2 Å². The molecule has 0 bridgehead atoms. The molecule has 0 aliphatic carbocycles. The highest BCUT2D eigenvalue weighted by Gasteiger charge is 2.41. The second kappa shape index (κ2) is 4.39. The van der Waals surface area contributed by atoms with Crippen molar-refractivity contribution in [3.8, 4) is 0 Å². The molecule has 0 spiro atoms. The molecule has 0 aromatic heterocycles. The molecule has 1 aliphatic heterocycles. The molecular weight excluding hydrogens is 224 g/mol. The van der Waals surface area contributed by atoms with E-state index in [0.29, 0.717) is 4.48 Å². The van der Waals surface area contributed by atoms with Gasteiger partial charge in [0.1, 0.15) is 0 Å². The number of anilines is 1. The Morgan fingerprint density at radius 2 is 1.72 bits per heavy atom. The molecule has 1 heterocycles. The van der Waals surface area contributed by atoms with Crippen LogP contribution in [0.1, 0.15) is 17.5 Å². The van der Waals surface area contributed by atoms with Crippen LogP contribution in [0.3, 0.4) is 0 Å². The Kier molecular flexibility index (Phi) is 3.20. The smallest absolute Gasteiger partial charge is 0.285 e. The number of hydrogen-bond donors (Lipinski definition) is 0. The third-order valence-electron chi connectivity index (χ3n) is 3.82. The van der Waals surface area contributed by atoms with Crippen molar-refractivity contribution in [1.82, 2.24) is 0 Å². The number of benzene rings is 1. The van der Waals surface area contributed by atoms with Gasteiger partial charge in [-0.3, -0.25) is 4.79 Å². The fourth-order valence-electron chi connectivity index (χ4n) is 2.84. The van der Waals surface area contributed by atoms with E-state index in [9.17, 15) is 4.79 Å². The first-order valence-electron chi connectivity index (χ1n) is 6.51. The molecular formula is C15H23N2O+. The first kappa shape index (κ1) is 13.1. The molecule has 18 heavy (non-hydrogen) atoms. The Morgan fingerprint density at radius 3 is 2.17 bits per heavy atom. The van der Waals surface area contributed by atoms with Gasteiger partial charge in [0.05, 0.1) is 21.1 Å². The Bertz CT molecular complexity index is 454. The number of para-hydroxylation sites is 1. The third-order valence-corrected chi connectivity index (χ3v) is 3.82. The highest BCUT2D eigenvalue weighted by atomic mass is 16.2. The van der Waals surface area contributed by atoms with Crippen molar-refractivity contribution in [2.75, 3.05) is 32.6 Å². The molecule has 3 nitrogen and oxygen atoms in total. The van der Waals surface area contributed by atoms with Gasteiger partial charge in [-0.2, -0.15) is 0 Å². The number of nitrogens with zero attached hydrogens (tertiary/aromatic N) is 2. The van der Waals surface area contributed by atoms with Crippen LogP contribution in [0.5, 0.6) is 0 Å². The molecule has 1 aromatic carbocycles. The standard InChI is InChI=1S/C15H23N2O/c1-11-7-6-8-12(2)14(11)16-10-9-13(15(16)18)17(3,4)5/h6-8,13H,9-10H2,1-5H3/q+1. The lowest BCUT2D eigenvalue weighted by Crippen LogP contribution is -2.49. The van der Waals surface area contributed by atoms with Crippen molar-refractivity contribution >= 4 is 11.6 Å². The van der Waals surface area contributed by atoms with Gasteiger partial charge in [-0.15, -0.1) is 0 Å². The summed E-state index contributed by atoms with van der Waals surface area (Å²) in [5, 5.41) is 0. The predicted octanol–water partition coefficient (Wildman–Crippen LogP) is 2.11. The van der Waals surface area contributed by atoms with Crippen LogP contribution in [0.2, 0.25) is 0 Å². The summed E-state index contributed by atoms with van der Waals surface area (Å²) in [6, 6.07) is 6.29. The van der Waals surface area contributed by atoms with Gasteiger partial charge in [-0.05, 0) is 25.0 Å². The normalized spacial score (nSPS) is 20.6. The maximum Gasteiger partial charge on any atom is 0.285 e. The second-order valence-electron chi connectivity index (χ2n) is 6.15. The highest BCUT2D eigenvalue weighted by molar-refractivity contribution is 5.99. The van der Waals surface area contributed by atoms with E-state index in [-0.39, 0.29) is 11.9 Å². The van der Waals surface area contributed by atoms with Crippen molar-refractivity contribution < 1.29 is 9.28 Å². The van der Waals surface area contributed by atoms with Crippen molar-refractivity contribution in [1.29, 1.82) is 0 Å². The lowest BCUT2D eigenvalue weighted by Gasteiger charge is -2.30. The third kappa shape index (κ3) is 2.15. The monoisotopic (exact) mass is 247 g/mol. The number of amides is 1. The van der Waals surface area contributed by atoms with Gasteiger partial charge < -0.3 is 9.38 Å². The second-order valence-corrected chi connectivity index (χ2v) is 6.15. The fourth-order valence-corrected chi connectivity index (χ4v) is 2.84. The Labute approximate surface area is 110 Å². The quantitative estimate of drug-likeness (QED) is 0.733. The molecule has 0 saturated carbocycles. The van der Waals surface area contributed by atoms with Crippen molar-refractivity contribution in [3.63, 3.8) is 0 Å². The largest absolute Gasteiger partial charge is 0.321 e. The topological polar surface area (TPSA) is 20.3 Å². The van der Waals surface area contributed by atoms with E-state index >= 15 is 0 Å². The maximum atomic E-state index is 12.6. The Morgan fingerprint density at radius 1 is 1.17 bits per heavy atom.